The highest BCUT2D eigenvalue weighted by Gasteiger charge is 2.38. The normalized spacial score (nSPS) is 27.3. The molecular weight excluding hydrogens is 290 g/mol. The number of aliphatic hydroxyl groups excluding tert-OH is 1. The molecule has 9 heteroatoms. The summed E-state index contributed by atoms with van der Waals surface area (Å²) in [5.41, 5.74) is -0.456. The minimum Gasteiger partial charge on any atom is -0.473 e. The first-order valence-electron chi connectivity index (χ1n) is 5.92. The van der Waals surface area contributed by atoms with Gasteiger partial charge in [0.1, 0.15) is 18.9 Å². The molecule has 19 heavy (non-hydrogen) atoms. The number of hydrogen-bond acceptors (Lipinski definition) is 8. The molecule has 1 aliphatic rings. The van der Waals surface area contributed by atoms with Crippen molar-refractivity contribution in [3.05, 3.63) is 6.20 Å². The van der Waals surface area contributed by atoms with E-state index < -0.39 is 21.5 Å². The van der Waals surface area contributed by atoms with Crippen molar-refractivity contribution in [3.8, 4) is 5.88 Å². The number of β-amino-alcohol motifs (C(OH)–C–C–N with tert-alkyl or cyclic N) is 1. The van der Waals surface area contributed by atoms with Crippen LogP contribution in [0.5, 0.6) is 5.88 Å². The molecule has 2 atom stereocenters. The van der Waals surface area contributed by atoms with Crippen LogP contribution in [0.4, 0.5) is 0 Å². The second-order valence-corrected chi connectivity index (χ2v) is 7.73. The predicted molar refractivity (Wildman–Crippen MR) is 71.1 cm³/mol. The van der Waals surface area contributed by atoms with Crippen LogP contribution in [0, 0.1) is 0 Å². The molecule has 2 N–H and O–H groups in total. The number of hydrogen-bond donors (Lipinski definition) is 2. The standard InChI is InChI=1S/C10H17N3O4S2/c1-10(2-3-19(15,16)7-10)11-4-8(14)6-17-9-5-12-18-13-9/h5,8,11,14H,2-4,6-7H2,1H3. The van der Waals surface area contributed by atoms with Gasteiger partial charge in [-0.25, -0.2) is 8.42 Å². The molecule has 2 rings (SSSR count). The lowest BCUT2D eigenvalue weighted by Gasteiger charge is -2.25. The van der Waals surface area contributed by atoms with Gasteiger partial charge in [-0.05, 0) is 13.3 Å². The van der Waals surface area contributed by atoms with E-state index in [1.54, 1.807) is 0 Å². The summed E-state index contributed by atoms with van der Waals surface area (Å²) in [5, 5.41) is 12.9. The van der Waals surface area contributed by atoms with E-state index in [0.717, 1.165) is 11.7 Å². The van der Waals surface area contributed by atoms with Gasteiger partial charge in [-0.1, -0.05) is 0 Å². The van der Waals surface area contributed by atoms with Crippen molar-refractivity contribution in [2.75, 3.05) is 24.7 Å². The highest BCUT2D eigenvalue weighted by molar-refractivity contribution is 7.91. The van der Waals surface area contributed by atoms with Crippen LogP contribution >= 0.6 is 11.7 Å². The molecule has 0 radical (unpaired) electrons. The number of sulfone groups is 1. The Hall–Kier alpha value is -0.770. The quantitative estimate of drug-likeness (QED) is 0.726. The summed E-state index contributed by atoms with van der Waals surface area (Å²) in [5.74, 6) is 0.704. The van der Waals surface area contributed by atoms with Gasteiger partial charge in [0, 0.05) is 12.1 Å². The molecule has 2 heterocycles. The largest absolute Gasteiger partial charge is 0.473 e. The summed E-state index contributed by atoms with van der Waals surface area (Å²) < 4.78 is 35.7. The van der Waals surface area contributed by atoms with Gasteiger partial charge in [0.05, 0.1) is 23.2 Å². The Kier molecular flexibility index (Phi) is 4.39. The summed E-state index contributed by atoms with van der Waals surface area (Å²) in [6.07, 6.45) is 1.33. The van der Waals surface area contributed by atoms with Gasteiger partial charge >= 0.3 is 0 Å². The number of aromatic nitrogens is 2. The summed E-state index contributed by atoms with van der Waals surface area (Å²) in [4.78, 5) is 0. The van der Waals surface area contributed by atoms with E-state index in [4.69, 9.17) is 4.74 Å². The van der Waals surface area contributed by atoms with Crippen LogP contribution < -0.4 is 10.1 Å². The first-order chi connectivity index (χ1) is 8.89. The molecule has 0 amide bonds. The van der Waals surface area contributed by atoms with Gasteiger partial charge in [0.2, 0.25) is 5.88 Å². The maximum absolute atomic E-state index is 11.4. The minimum absolute atomic E-state index is 0.0985. The lowest BCUT2D eigenvalue weighted by atomic mass is 10.0. The molecular formula is C10H17N3O4S2. The number of nitrogens with zero attached hydrogens (tertiary/aromatic N) is 2. The van der Waals surface area contributed by atoms with Crippen molar-refractivity contribution < 1.29 is 18.3 Å². The maximum atomic E-state index is 11.4. The third kappa shape index (κ3) is 4.37. The number of ether oxygens (including phenoxy) is 1. The summed E-state index contributed by atoms with van der Waals surface area (Å²) in [6.45, 7) is 2.24. The Bertz CT molecular complexity index is 505. The van der Waals surface area contributed by atoms with Crippen LogP contribution in [0.1, 0.15) is 13.3 Å². The Labute approximate surface area is 116 Å². The summed E-state index contributed by atoms with van der Waals surface area (Å²) in [7, 11) is -2.94. The monoisotopic (exact) mass is 307 g/mol. The van der Waals surface area contributed by atoms with E-state index in [0.29, 0.717) is 12.3 Å². The first-order valence-corrected chi connectivity index (χ1v) is 8.48. The van der Waals surface area contributed by atoms with Crippen LogP contribution in [-0.4, -0.2) is 58.6 Å². The number of rotatable bonds is 6. The lowest BCUT2D eigenvalue weighted by molar-refractivity contribution is 0.0974. The Balaban J connectivity index is 1.73. The lowest BCUT2D eigenvalue weighted by Crippen LogP contribution is -2.47. The van der Waals surface area contributed by atoms with Crippen molar-refractivity contribution in [2.24, 2.45) is 0 Å². The minimum atomic E-state index is -2.94. The molecule has 108 valence electrons. The van der Waals surface area contributed by atoms with E-state index in [-0.39, 0.29) is 24.7 Å². The molecule has 0 bridgehead atoms. The smallest absolute Gasteiger partial charge is 0.245 e. The molecule has 1 aliphatic heterocycles. The molecule has 0 aromatic carbocycles. The fourth-order valence-corrected chi connectivity index (χ4v) is 4.46. The van der Waals surface area contributed by atoms with E-state index in [9.17, 15) is 13.5 Å². The van der Waals surface area contributed by atoms with Gasteiger partial charge in [0.15, 0.2) is 9.84 Å². The third-order valence-electron chi connectivity index (χ3n) is 3.03. The van der Waals surface area contributed by atoms with Crippen LogP contribution in [-0.2, 0) is 9.84 Å². The van der Waals surface area contributed by atoms with Crippen LogP contribution in [0.3, 0.4) is 0 Å². The fraction of sp³-hybridized carbons (Fsp3) is 0.800. The van der Waals surface area contributed by atoms with Gasteiger partial charge in [-0.3, -0.25) is 0 Å². The molecule has 0 aliphatic carbocycles. The van der Waals surface area contributed by atoms with E-state index >= 15 is 0 Å². The van der Waals surface area contributed by atoms with Crippen molar-refractivity contribution in [3.63, 3.8) is 0 Å². The van der Waals surface area contributed by atoms with Crippen molar-refractivity contribution in [1.29, 1.82) is 0 Å². The predicted octanol–water partition coefficient (Wildman–Crippen LogP) is -0.555. The molecule has 7 nitrogen and oxygen atoms in total. The molecule has 0 saturated carbocycles. The second kappa shape index (κ2) is 5.70. The highest BCUT2D eigenvalue weighted by atomic mass is 32.2. The van der Waals surface area contributed by atoms with E-state index in [1.807, 2.05) is 6.92 Å². The van der Waals surface area contributed by atoms with Gasteiger partial charge < -0.3 is 15.2 Å². The molecule has 1 aromatic rings. The average molecular weight is 307 g/mol. The maximum Gasteiger partial charge on any atom is 0.245 e. The SMILES string of the molecule is CC1(NCC(O)COc2cnsn2)CCS(=O)(=O)C1. The highest BCUT2D eigenvalue weighted by Crippen LogP contribution is 2.22. The zero-order valence-corrected chi connectivity index (χ0v) is 12.2. The van der Waals surface area contributed by atoms with Crippen molar-refractivity contribution >= 4 is 21.6 Å². The molecule has 1 aromatic heterocycles. The van der Waals surface area contributed by atoms with Gasteiger partial charge in [-0.2, -0.15) is 4.37 Å². The van der Waals surface area contributed by atoms with Crippen molar-refractivity contribution in [1.82, 2.24) is 14.1 Å². The molecule has 2 unspecified atom stereocenters. The zero-order valence-electron chi connectivity index (χ0n) is 10.6. The van der Waals surface area contributed by atoms with Crippen molar-refractivity contribution in [2.45, 2.75) is 25.0 Å². The Morgan fingerprint density at radius 2 is 2.47 bits per heavy atom. The zero-order chi connectivity index (χ0) is 13.9. The topological polar surface area (TPSA) is 101 Å². The summed E-state index contributed by atoms with van der Waals surface area (Å²) >= 11 is 1.04. The van der Waals surface area contributed by atoms with Gasteiger partial charge in [0.25, 0.3) is 0 Å². The van der Waals surface area contributed by atoms with Gasteiger partial charge in [-0.15, -0.1) is 4.37 Å². The Morgan fingerprint density at radius 3 is 3.05 bits per heavy atom. The van der Waals surface area contributed by atoms with E-state index in [1.165, 1.54) is 6.20 Å². The first kappa shape index (κ1) is 14.6. The average Bonchev–Trinajstić information content (AvgIpc) is 2.93. The fourth-order valence-electron chi connectivity index (χ4n) is 1.97. The molecule has 1 fully saturated rings. The molecule has 1 saturated heterocycles. The van der Waals surface area contributed by atoms with Crippen LogP contribution in [0.25, 0.3) is 0 Å². The summed E-state index contributed by atoms with van der Waals surface area (Å²) in [6, 6.07) is 0. The van der Waals surface area contributed by atoms with Crippen LogP contribution in [0.2, 0.25) is 0 Å². The molecule has 0 spiro atoms. The van der Waals surface area contributed by atoms with Crippen LogP contribution in [0.15, 0.2) is 6.20 Å². The second-order valence-electron chi connectivity index (χ2n) is 4.99. The van der Waals surface area contributed by atoms with E-state index in [2.05, 4.69) is 14.1 Å². The number of aliphatic hydroxyl groups is 1. The Morgan fingerprint density at radius 1 is 1.68 bits per heavy atom. The third-order valence-corrected chi connectivity index (χ3v) is 5.40. The number of nitrogens with one attached hydrogen (secondary N) is 1.